The maximum absolute atomic E-state index is 13.6. The minimum Gasteiger partial charge on any atom is -0.381 e. The molecule has 29 heavy (non-hydrogen) atoms. The van der Waals surface area contributed by atoms with Crippen LogP contribution in [-0.4, -0.2) is 46.7 Å². The Morgan fingerprint density at radius 1 is 1.17 bits per heavy atom. The maximum atomic E-state index is 13.6. The minimum atomic E-state index is -0.469. The number of rotatable bonds is 4. The zero-order valence-corrected chi connectivity index (χ0v) is 17.0. The molecule has 0 unspecified atom stereocenters. The lowest BCUT2D eigenvalue weighted by molar-refractivity contribution is -0.142. The first-order chi connectivity index (χ1) is 14.1. The number of aryl methyl sites for hydroxylation is 1. The number of piperidine rings is 1. The largest absolute Gasteiger partial charge is 0.381 e. The molecule has 6 heteroatoms. The molecule has 2 fully saturated rings. The third-order valence-electron chi connectivity index (χ3n) is 6.51. The molecular weight excluding hydrogens is 366 g/mol. The fraction of sp³-hybridized carbons (Fsp3) is 0.522. The summed E-state index contributed by atoms with van der Waals surface area (Å²) in [6.07, 6.45) is 6.53. The lowest BCUT2D eigenvalue weighted by Gasteiger charge is -2.42. The molecule has 0 radical (unpaired) electrons. The van der Waals surface area contributed by atoms with Gasteiger partial charge in [0.15, 0.2) is 0 Å². The summed E-state index contributed by atoms with van der Waals surface area (Å²) in [6, 6.07) is 10.2. The molecule has 1 aromatic heterocycles. The van der Waals surface area contributed by atoms with E-state index in [-0.39, 0.29) is 11.5 Å². The number of nitrogens with zero attached hydrogens (tertiary/aromatic N) is 3. The van der Waals surface area contributed by atoms with Crippen LogP contribution in [0, 0.1) is 12.8 Å². The first kappa shape index (κ1) is 19.8. The smallest absolute Gasteiger partial charge is 0.256 e. The summed E-state index contributed by atoms with van der Waals surface area (Å²) in [6.45, 7) is 5.21. The average molecular weight is 396 g/mol. The average Bonchev–Trinajstić information content (AvgIpc) is 2.78. The molecule has 0 saturated carbocycles. The first-order valence-electron chi connectivity index (χ1n) is 10.5. The molecule has 6 nitrogen and oxygen atoms in total. The molecule has 1 aromatic carbocycles. The van der Waals surface area contributed by atoms with Crippen LogP contribution in [0.4, 0.5) is 0 Å². The van der Waals surface area contributed by atoms with Crippen molar-refractivity contribution in [1.82, 2.24) is 14.5 Å². The van der Waals surface area contributed by atoms with E-state index >= 15 is 0 Å². The number of hydrogen-bond donors (Lipinski definition) is 0. The van der Waals surface area contributed by atoms with Crippen LogP contribution in [-0.2, 0) is 21.5 Å². The Morgan fingerprint density at radius 3 is 2.55 bits per heavy atom. The van der Waals surface area contributed by atoms with Crippen molar-refractivity contribution in [3.63, 3.8) is 0 Å². The number of ether oxygens (including phenoxy) is 1. The number of carbonyl (C=O) groups excluding carboxylic acids is 1. The van der Waals surface area contributed by atoms with Crippen molar-refractivity contribution in [3.05, 3.63) is 64.3 Å². The number of carbonyl (C=O) groups is 1. The highest BCUT2D eigenvalue weighted by molar-refractivity contribution is 5.88. The predicted molar refractivity (Wildman–Crippen MR) is 111 cm³/mol. The van der Waals surface area contributed by atoms with Gasteiger partial charge >= 0.3 is 0 Å². The zero-order chi connectivity index (χ0) is 20.3. The van der Waals surface area contributed by atoms with E-state index in [9.17, 15) is 9.59 Å². The third kappa shape index (κ3) is 3.99. The van der Waals surface area contributed by atoms with Gasteiger partial charge in [-0.25, -0.2) is 4.98 Å². The van der Waals surface area contributed by atoms with Crippen molar-refractivity contribution in [3.8, 4) is 0 Å². The van der Waals surface area contributed by atoms with Gasteiger partial charge in [0.1, 0.15) is 0 Å². The summed E-state index contributed by atoms with van der Waals surface area (Å²) in [5.41, 5.74) is 1.34. The number of likely N-dealkylation sites (tertiary alicyclic amines) is 1. The topological polar surface area (TPSA) is 64.4 Å². The summed E-state index contributed by atoms with van der Waals surface area (Å²) in [4.78, 5) is 32.1. The Hall–Kier alpha value is -2.47. The highest BCUT2D eigenvalue weighted by Crippen LogP contribution is 2.37. The lowest BCUT2D eigenvalue weighted by Crippen LogP contribution is -2.52. The number of hydrogen-bond acceptors (Lipinski definition) is 4. The summed E-state index contributed by atoms with van der Waals surface area (Å²) in [5.74, 6) is 0.627. The van der Waals surface area contributed by atoms with Crippen molar-refractivity contribution in [2.24, 2.45) is 5.92 Å². The van der Waals surface area contributed by atoms with Gasteiger partial charge in [0.05, 0.1) is 11.7 Å². The SMILES string of the molecule is Cc1cncn(CC2CCN(C(=O)C3(c4ccccc4)CCOCC3)CC2)c1=O. The van der Waals surface area contributed by atoms with Gasteiger partial charge in [0.25, 0.3) is 5.56 Å². The molecule has 1 amide bonds. The van der Waals surface area contributed by atoms with Crippen LogP contribution in [0.5, 0.6) is 0 Å². The van der Waals surface area contributed by atoms with E-state index in [1.807, 2.05) is 23.1 Å². The van der Waals surface area contributed by atoms with E-state index in [1.165, 1.54) is 0 Å². The van der Waals surface area contributed by atoms with Crippen LogP contribution in [0.2, 0.25) is 0 Å². The molecular formula is C23H29N3O3. The second-order valence-electron chi connectivity index (χ2n) is 8.33. The normalized spacial score (nSPS) is 19.8. The molecule has 0 aliphatic carbocycles. The van der Waals surface area contributed by atoms with E-state index in [0.717, 1.165) is 44.3 Å². The quantitative estimate of drug-likeness (QED) is 0.798. The molecule has 0 N–H and O–H groups in total. The Balaban J connectivity index is 1.45. The fourth-order valence-corrected chi connectivity index (χ4v) is 4.69. The van der Waals surface area contributed by atoms with Gasteiger partial charge in [-0.1, -0.05) is 30.3 Å². The van der Waals surface area contributed by atoms with Crippen LogP contribution < -0.4 is 5.56 Å². The van der Waals surface area contributed by atoms with Crippen LogP contribution in [0.15, 0.2) is 47.7 Å². The van der Waals surface area contributed by atoms with Crippen molar-refractivity contribution in [1.29, 1.82) is 0 Å². The van der Waals surface area contributed by atoms with Crippen LogP contribution >= 0.6 is 0 Å². The summed E-state index contributed by atoms with van der Waals surface area (Å²) < 4.78 is 7.29. The Bertz CT molecular complexity index is 895. The molecule has 2 aliphatic rings. The Kier molecular flexibility index (Phi) is 5.81. The molecule has 0 atom stereocenters. The molecule has 0 spiro atoms. The molecule has 154 valence electrons. The number of amides is 1. The number of benzene rings is 1. The fourth-order valence-electron chi connectivity index (χ4n) is 4.69. The van der Waals surface area contributed by atoms with Gasteiger partial charge in [0, 0.05) is 44.6 Å². The lowest BCUT2D eigenvalue weighted by atomic mass is 9.72. The second kappa shape index (κ2) is 8.49. The highest BCUT2D eigenvalue weighted by Gasteiger charge is 2.44. The molecule has 2 aromatic rings. The van der Waals surface area contributed by atoms with Gasteiger partial charge < -0.3 is 9.64 Å². The van der Waals surface area contributed by atoms with Gasteiger partial charge in [-0.15, -0.1) is 0 Å². The van der Waals surface area contributed by atoms with Crippen molar-refractivity contribution < 1.29 is 9.53 Å². The minimum absolute atomic E-state index is 0.0312. The maximum Gasteiger partial charge on any atom is 0.256 e. The predicted octanol–water partition coefficient (Wildman–Crippen LogP) is 2.54. The monoisotopic (exact) mass is 395 g/mol. The van der Waals surface area contributed by atoms with Gasteiger partial charge in [-0.3, -0.25) is 14.2 Å². The van der Waals surface area contributed by atoms with Gasteiger partial charge in [-0.05, 0) is 44.1 Å². The molecule has 2 aliphatic heterocycles. The molecule has 2 saturated heterocycles. The number of aromatic nitrogens is 2. The van der Waals surface area contributed by atoms with E-state index in [2.05, 4.69) is 17.1 Å². The molecule has 4 rings (SSSR count). The van der Waals surface area contributed by atoms with Crippen molar-refractivity contribution >= 4 is 5.91 Å². The third-order valence-corrected chi connectivity index (χ3v) is 6.51. The van der Waals surface area contributed by atoms with E-state index < -0.39 is 5.41 Å². The van der Waals surface area contributed by atoms with Gasteiger partial charge in [0.2, 0.25) is 5.91 Å². The standard InChI is InChI=1S/C23H29N3O3/c1-18-15-24-17-26(21(18)27)16-19-7-11-25(12-8-19)22(28)23(9-13-29-14-10-23)20-5-3-2-4-6-20/h2-6,15,17,19H,7-14,16H2,1H3. The van der Waals surface area contributed by atoms with Gasteiger partial charge in [-0.2, -0.15) is 0 Å². The Labute approximate surface area is 171 Å². The highest BCUT2D eigenvalue weighted by atomic mass is 16.5. The van der Waals surface area contributed by atoms with Crippen molar-refractivity contribution in [2.75, 3.05) is 26.3 Å². The molecule has 0 bridgehead atoms. The Morgan fingerprint density at radius 2 is 1.86 bits per heavy atom. The van der Waals surface area contributed by atoms with Crippen LogP contribution in [0.3, 0.4) is 0 Å². The summed E-state index contributed by atoms with van der Waals surface area (Å²) >= 11 is 0. The van der Waals surface area contributed by atoms with E-state index in [1.54, 1.807) is 24.0 Å². The van der Waals surface area contributed by atoms with Crippen LogP contribution in [0.1, 0.15) is 36.8 Å². The van der Waals surface area contributed by atoms with E-state index in [0.29, 0.717) is 31.2 Å². The van der Waals surface area contributed by atoms with E-state index in [4.69, 9.17) is 4.74 Å². The first-order valence-corrected chi connectivity index (χ1v) is 10.5. The second-order valence-corrected chi connectivity index (χ2v) is 8.33. The summed E-state index contributed by atoms with van der Waals surface area (Å²) in [5, 5.41) is 0. The van der Waals surface area contributed by atoms with Crippen molar-refractivity contribution in [2.45, 2.75) is 44.6 Å². The summed E-state index contributed by atoms with van der Waals surface area (Å²) in [7, 11) is 0. The zero-order valence-electron chi connectivity index (χ0n) is 17.0. The van der Waals surface area contributed by atoms with Crippen LogP contribution in [0.25, 0.3) is 0 Å². The molecule has 3 heterocycles.